The van der Waals surface area contributed by atoms with Gasteiger partial charge in [0.15, 0.2) is 11.5 Å². The number of amides is 1. The summed E-state index contributed by atoms with van der Waals surface area (Å²) in [5.41, 5.74) is 0.951. The first-order valence-electron chi connectivity index (χ1n) is 10.7. The van der Waals surface area contributed by atoms with Crippen LogP contribution in [0.5, 0.6) is 5.88 Å². The molecule has 4 heterocycles. The molecule has 3 aromatic rings. The number of aromatic amines is 1. The molecule has 1 amide bonds. The Morgan fingerprint density at radius 1 is 1.33 bits per heavy atom. The van der Waals surface area contributed by atoms with E-state index < -0.39 is 12.2 Å². The number of nitrogens with one attached hydrogen (secondary N) is 2. The first-order chi connectivity index (χ1) is 15.7. The van der Waals surface area contributed by atoms with Crippen LogP contribution in [-0.2, 0) is 11.3 Å². The van der Waals surface area contributed by atoms with Crippen LogP contribution in [0.4, 0.5) is 25.2 Å². The third kappa shape index (κ3) is 5.88. The third-order valence-corrected chi connectivity index (χ3v) is 5.21. The highest BCUT2D eigenvalue weighted by Gasteiger charge is 2.27. The van der Waals surface area contributed by atoms with Gasteiger partial charge in [0.05, 0.1) is 6.20 Å². The van der Waals surface area contributed by atoms with Crippen molar-refractivity contribution in [3.05, 3.63) is 24.5 Å². The summed E-state index contributed by atoms with van der Waals surface area (Å²) >= 11 is 0. The number of carbonyl (C=O) groups is 1. The van der Waals surface area contributed by atoms with E-state index in [0.29, 0.717) is 36.3 Å². The molecule has 12 heteroatoms. The molecule has 0 atom stereocenters. The number of hydrogen-bond donors (Lipinski definition) is 2. The highest BCUT2D eigenvalue weighted by atomic mass is 19.3. The normalized spacial score (nSPS) is 15.3. The van der Waals surface area contributed by atoms with Crippen molar-refractivity contribution >= 4 is 28.9 Å². The van der Waals surface area contributed by atoms with Gasteiger partial charge in [-0.25, -0.2) is 14.8 Å². The smallest absolute Gasteiger partial charge is 0.410 e. The molecule has 178 valence electrons. The van der Waals surface area contributed by atoms with Crippen LogP contribution in [0.25, 0.3) is 11.2 Å². The van der Waals surface area contributed by atoms with Crippen molar-refractivity contribution in [2.24, 2.45) is 5.92 Å². The van der Waals surface area contributed by atoms with Crippen LogP contribution < -0.4 is 10.1 Å². The summed E-state index contributed by atoms with van der Waals surface area (Å²) in [7, 11) is 0. The monoisotopic (exact) mass is 463 g/mol. The number of fused-ring (bicyclic) bond motifs is 1. The molecule has 10 nitrogen and oxygen atoms in total. The van der Waals surface area contributed by atoms with Crippen LogP contribution in [0, 0.1) is 5.92 Å². The van der Waals surface area contributed by atoms with Crippen LogP contribution in [0.1, 0.15) is 33.6 Å². The van der Waals surface area contributed by atoms with E-state index in [1.807, 2.05) is 37.6 Å². The highest BCUT2D eigenvalue weighted by molar-refractivity contribution is 5.73. The molecule has 1 aliphatic rings. The molecule has 0 radical (unpaired) electrons. The summed E-state index contributed by atoms with van der Waals surface area (Å²) in [6, 6.07) is 3.21. The minimum atomic E-state index is -2.95. The van der Waals surface area contributed by atoms with Gasteiger partial charge in [0, 0.05) is 31.9 Å². The average Bonchev–Trinajstić information content (AvgIpc) is 3.33. The van der Waals surface area contributed by atoms with Gasteiger partial charge in [0.25, 0.3) is 0 Å². The number of carbonyl (C=O) groups excluding carboxylic acids is 1. The fourth-order valence-corrected chi connectivity index (χ4v) is 3.72. The molecule has 2 N–H and O–H groups in total. The maximum absolute atomic E-state index is 12.3. The molecule has 0 unspecified atom stereocenters. The van der Waals surface area contributed by atoms with Crippen molar-refractivity contribution in [1.82, 2.24) is 29.6 Å². The fourth-order valence-electron chi connectivity index (χ4n) is 3.72. The first-order valence-corrected chi connectivity index (χ1v) is 10.7. The number of likely N-dealkylation sites (tertiary alicyclic amines) is 1. The molecule has 1 saturated heterocycles. The van der Waals surface area contributed by atoms with Crippen molar-refractivity contribution in [2.45, 2.75) is 52.4 Å². The van der Waals surface area contributed by atoms with Crippen LogP contribution in [-0.4, -0.2) is 61.0 Å². The van der Waals surface area contributed by atoms with Gasteiger partial charge in [-0.3, -0.25) is 5.10 Å². The Hall–Kier alpha value is -3.44. The Morgan fingerprint density at radius 3 is 2.79 bits per heavy atom. The minimum Gasteiger partial charge on any atom is -0.444 e. The third-order valence-electron chi connectivity index (χ3n) is 5.21. The number of hydrogen-bond acceptors (Lipinski definition) is 7. The molecule has 1 fully saturated rings. The van der Waals surface area contributed by atoms with Crippen molar-refractivity contribution in [2.75, 3.05) is 18.4 Å². The lowest BCUT2D eigenvalue weighted by molar-refractivity contribution is -0.0528. The molecule has 0 aliphatic carbocycles. The number of aromatic nitrogens is 5. The summed E-state index contributed by atoms with van der Waals surface area (Å²) in [5.74, 6) is 0.961. The highest BCUT2D eigenvalue weighted by Crippen LogP contribution is 2.24. The quantitative estimate of drug-likeness (QED) is 0.565. The lowest BCUT2D eigenvalue weighted by atomic mass is 9.97. The zero-order valence-corrected chi connectivity index (χ0v) is 18.7. The second-order valence-corrected chi connectivity index (χ2v) is 8.97. The molecule has 33 heavy (non-hydrogen) atoms. The van der Waals surface area contributed by atoms with E-state index in [4.69, 9.17) is 4.74 Å². The fraction of sp³-hybridized carbons (Fsp3) is 0.524. The van der Waals surface area contributed by atoms with Crippen LogP contribution in [0.2, 0.25) is 0 Å². The zero-order chi connectivity index (χ0) is 23.6. The largest absolute Gasteiger partial charge is 0.444 e. The van der Waals surface area contributed by atoms with Gasteiger partial charge >= 0.3 is 12.7 Å². The molecule has 1 aliphatic heterocycles. The molecular weight excluding hydrogens is 436 g/mol. The van der Waals surface area contributed by atoms with E-state index in [2.05, 4.69) is 30.2 Å². The van der Waals surface area contributed by atoms with Gasteiger partial charge in [0.1, 0.15) is 16.9 Å². The lowest BCUT2D eigenvalue weighted by Crippen LogP contribution is -2.42. The molecular formula is C21H27F2N7O3. The number of alkyl halides is 2. The summed E-state index contributed by atoms with van der Waals surface area (Å²) in [6.45, 7) is 4.70. The number of rotatable bonds is 6. The van der Waals surface area contributed by atoms with Gasteiger partial charge in [0.2, 0.25) is 5.88 Å². The van der Waals surface area contributed by atoms with Gasteiger partial charge in [-0.2, -0.15) is 8.78 Å². The minimum absolute atomic E-state index is 0.220. The number of piperidine rings is 1. The Balaban J connectivity index is 1.38. The number of halogens is 2. The SMILES string of the molecule is CC(C)(C)OC(=O)N1CCC(Cn2ccc3ncc(Nc4cc(OC(F)F)n[nH]4)nc32)CC1. The maximum atomic E-state index is 12.3. The van der Waals surface area contributed by atoms with Gasteiger partial charge in [-0.05, 0) is 45.6 Å². The van der Waals surface area contributed by atoms with Crippen molar-refractivity contribution in [1.29, 1.82) is 0 Å². The second kappa shape index (κ2) is 9.20. The van der Waals surface area contributed by atoms with E-state index in [1.54, 1.807) is 11.1 Å². The average molecular weight is 463 g/mol. The molecule has 0 aromatic carbocycles. The maximum Gasteiger partial charge on any atom is 0.410 e. The molecule has 3 aromatic heterocycles. The predicted octanol–water partition coefficient (Wildman–Crippen LogP) is 4.15. The lowest BCUT2D eigenvalue weighted by Gasteiger charge is -2.33. The Labute approximate surface area is 189 Å². The standard InChI is InChI=1S/C21H27F2N7O3/c1-21(2,3)33-20(31)29-7-4-13(5-8-29)12-30-9-6-14-18(30)26-16(11-24-14)25-15-10-17(28-27-15)32-19(22)23/h6,9-11,13,19H,4-5,7-8,12H2,1-3H3,(H2,25,26,27,28). The van der Waals surface area contributed by atoms with Crippen molar-refractivity contribution in [3.8, 4) is 5.88 Å². The van der Waals surface area contributed by atoms with Crippen LogP contribution in [0.15, 0.2) is 24.5 Å². The van der Waals surface area contributed by atoms with E-state index in [-0.39, 0.29) is 12.0 Å². The predicted molar refractivity (Wildman–Crippen MR) is 117 cm³/mol. The van der Waals surface area contributed by atoms with E-state index in [0.717, 1.165) is 24.9 Å². The van der Waals surface area contributed by atoms with Crippen molar-refractivity contribution in [3.63, 3.8) is 0 Å². The van der Waals surface area contributed by atoms with Crippen LogP contribution in [0.3, 0.4) is 0 Å². The molecule has 0 saturated carbocycles. The van der Waals surface area contributed by atoms with Gasteiger partial charge < -0.3 is 24.3 Å². The Kier molecular flexibility index (Phi) is 6.34. The second-order valence-electron chi connectivity index (χ2n) is 8.97. The molecule has 0 spiro atoms. The number of nitrogens with zero attached hydrogens (tertiary/aromatic N) is 5. The number of H-pyrrole nitrogens is 1. The van der Waals surface area contributed by atoms with E-state index in [1.165, 1.54) is 6.07 Å². The summed E-state index contributed by atoms with van der Waals surface area (Å²) in [4.78, 5) is 23.1. The summed E-state index contributed by atoms with van der Waals surface area (Å²) in [5, 5.41) is 9.19. The zero-order valence-electron chi connectivity index (χ0n) is 18.7. The van der Waals surface area contributed by atoms with E-state index in [9.17, 15) is 13.6 Å². The first kappa shape index (κ1) is 22.7. The number of anilines is 2. The number of ether oxygens (including phenoxy) is 2. The Morgan fingerprint density at radius 2 is 2.09 bits per heavy atom. The molecule has 4 rings (SSSR count). The topological polar surface area (TPSA) is 110 Å². The molecule has 0 bridgehead atoms. The Bertz CT molecular complexity index is 1100. The summed E-state index contributed by atoms with van der Waals surface area (Å²) in [6.07, 6.45) is 4.96. The van der Waals surface area contributed by atoms with Crippen LogP contribution >= 0.6 is 0 Å². The van der Waals surface area contributed by atoms with E-state index >= 15 is 0 Å². The van der Waals surface area contributed by atoms with Crippen molar-refractivity contribution < 1.29 is 23.0 Å². The van der Waals surface area contributed by atoms with Gasteiger partial charge in [-0.15, -0.1) is 5.10 Å². The summed E-state index contributed by atoms with van der Waals surface area (Å²) < 4.78 is 36.4. The van der Waals surface area contributed by atoms with Gasteiger partial charge in [-0.1, -0.05) is 0 Å².